The van der Waals surface area contributed by atoms with Gasteiger partial charge in [0.1, 0.15) is 16.3 Å². The molecular weight excluding hydrogens is 599 g/mol. The molecule has 3 rings (SSSR count). The number of nitro groups is 2. The number of unbranched alkanes of at least 4 members (excludes halogenated alkanes) is 2. The number of benzene rings is 3. The van der Waals surface area contributed by atoms with Crippen LogP contribution >= 0.6 is 0 Å². The highest BCUT2D eigenvalue weighted by molar-refractivity contribution is 7.90. The van der Waals surface area contributed by atoms with E-state index in [0.29, 0.717) is 12.5 Å². The Hall–Kier alpha value is -5.06. The van der Waals surface area contributed by atoms with Crippen LogP contribution in [-0.4, -0.2) is 30.1 Å². The maximum atomic E-state index is 13.0. The summed E-state index contributed by atoms with van der Waals surface area (Å²) in [5.41, 5.74) is -4.47. The first-order chi connectivity index (χ1) is 20.1. The molecule has 0 fully saturated rings. The third-order valence-corrected chi connectivity index (χ3v) is 7.36. The van der Waals surface area contributed by atoms with Crippen molar-refractivity contribution in [3.63, 3.8) is 0 Å². The topological polar surface area (TPSA) is 191 Å². The van der Waals surface area contributed by atoms with Gasteiger partial charge in [-0.15, -0.1) is 0 Å². The number of amides is 2. The molecule has 0 aliphatic carbocycles. The first kappa shape index (κ1) is 32.5. The third kappa shape index (κ3) is 8.25. The van der Waals surface area contributed by atoms with E-state index in [1.54, 1.807) is 0 Å². The summed E-state index contributed by atoms with van der Waals surface area (Å²) in [5.74, 6) is -1.71. The molecule has 0 atom stereocenters. The second-order valence-corrected chi connectivity index (χ2v) is 10.7. The van der Waals surface area contributed by atoms with E-state index in [4.69, 9.17) is 0 Å². The van der Waals surface area contributed by atoms with Crippen LogP contribution in [0.5, 0.6) is 0 Å². The summed E-state index contributed by atoms with van der Waals surface area (Å²) in [6.07, 6.45) is -2.88. The van der Waals surface area contributed by atoms with E-state index in [2.05, 4.69) is 10.6 Å². The highest BCUT2D eigenvalue weighted by Gasteiger charge is 2.33. The zero-order chi connectivity index (χ0) is 31.9. The van der Waals surface area contributed by atoms with Gasteiger partial charge in [0, 0.05) is 24.1 Å². The number of hydrogen-bond acceptors (Lipinski definition) is 9. The number of anilines is 3. The van der Waals surface area contributed by atoms with Crippen molar-refractivity contribution in [1.29, 1.82) is 0 Å². The van der Waals surface area contributed by atoms with Crippen molar-refractivity contribution in [1.82, 2.24) is 4.72 Å². The number of hydrogen-bond donors (Lipinski definition) is 3. The molecule has 13 nitrogen and oxygen atoms in total. The highest BCUT2D eigenvalue weighted by atomic mass is 32.2. The fraction of sp³-hybridized carbons (Fsp3) is 0.231. The van der Waals surface area contributed by atoms with Crippen LogP contribution in [0.1, 0.15) is 48.5 Å². The van der Waals surface area contributed by atoms with Crippen molar-refractivity contribution in [2.24, 2.45) is 0 Å². The Bertz CT molecular complexity index is 1680. The number of nitrogens with zero attached hydrogens (tertiary/aromatic N) is 2. The average Bonchev–Trinajstić information content (AvgIpc) is 2.92. The van der Waals surface area contributed by atoms with Crippen molar-refractivity contribution in [2.45, 2.75) is 43.7 Å². The van der Waals surface area contributed by atoms with Crippen LogP contribution in [0.3, 0.4) is 0 Å². The standard InChI is InChI=1S/C26H24F3N5O8S/c1-2-3-4-9-24(35)32-43(41,42)23-8-6-5-7-20(23)31-25(36)16-10-12-18(21(14-16)33(37)38)30-19-13-11-17(26(27,28)29)15-22(19)34(39)40/h5-8,10-15,30H,2-4,9H2,1H3,(H,31,36)(H,32,35). The molecule has 0 radical (unpaired) electrons. The van der Waals surface area contributed by atoms with Gasteiger partial charge in [0.15, 0.2) is 0 Å². The Kier molecular flexibility index (Phi) is 10.0. The molecule has 0 aromatic heterocycles. The number of sulfonamides is 1. The lowest BCUT2D eigenvalue weighted by Gasteiger charge is -2.13. The van der Waals surface area contributed by atoms with Gasteiger partial charge in [-0.2, -0.15) is 13.2 Å². The molecule has 3 N–H and O–H groups in total. The lowest BCUT2D eigenvalue weighted by molar-refractivity contribution is -0.384. The van der Waals surface area contributed by atoms with E-state index in [1.165, 1.54) is 18.2 Å². The first-order valence-electron chi connectivity index (χ1n) is 12.5. The largest absolute Gasteiger partial charge is 0.416 e. The molecule has 43 heavy (non-hydrogen) atoms. The predicted octanol–water partition coefficient (Wildman–Crippen LogP) is 5.90. The first-order valence-corrected chi connectivity index (χ1v) is 14.0. The summed E-state index contributed by atoms with van der Waals surface area (Å²) in [6, 6.07) is 9.59. The van der Waals surface area contributed by atoms with Gasteiger partial charge in [-0.3, -0.25) is 29.8 Å². The van der Waals surface area contributed by atoms with Gasteiger partial charge in [-0.1, -0.05) is 31.9 Å². The summed E-state index contributed by atoms with van der Waals surface area (Å²) in [7, 11) is -4.40. The Morgan fingerprint density at radius 2 is 1.47 bits per heavy atom. The van der Waals surface area contributed by atoms with Gasteiger partial charge in [-0.25, -0.2) is 13.1 Å². The number of halogens is 3. The predicted molar refractivity (Wildman–Crippen MR) is 148 cm³/mol. The molecule has 17 heteroatoms. The number of carbonyl (C=O) groups excluding carboxylic acids is 2. The average molecular weight is 624 g/mol. The number of alkyl halides is 3. The Morgan fingerprint density at radius 1 is 0.860 bits per heavy atom. The van der Waals surface area contributed by atoms with E-state index in [0.717, 1.165) is 43.2 Å². The van der Waals surface area contributed by atoms with Crippen LogP contribution in [0, 0.1) is 20.2 Å². The van der Waals surface area contributed by atoms with Crippen molar-refractivity contribution in [3.8, 4) is 0 Å². The molecule has 228 valence electrons. The van der Waals surface area contributed by atoms with Gasteiger partial charge in [0.25, 0.3) is 27.3 Å². The minimum absolute atomic E-state index is 0.0265. The number of carbonyl (C=O) groups is 2. The quantitative estimate of drug-likeness (QED) is 0.125. The van der Waals surface area contributed by atoms with E-state index >= 15 is 0 Å². The molecule has 0 aliphatic heterocycles. The van der Waals surface area contributed by atoms with E-state index in [9.17, 15) is 51.4 Å². The molecule has 0 aliphatic rings. The van der Waals surface area contributed by atoms with Gasteiger partial charge in [0.05, 0.1) is 21.1 Å². The van der Waals surface area contributed by atoms with E-state index in [1.807, 2.05) is 11.6 Å². The van der Waals surface area contributed by atoms with Gasteiger partial charge in [0.2, 0.25) is 5.91 Å². The Morgan fingerprint density at radius 3 is 2.07 bits per heavy atom. The lowest BCUT2D eigenvalue weighted by atomic mass is 10.1. The summed E-state index contributed by atoms with van der Waals surface area (Å²) in [4.78, 5) is 45.8. The molecule has 0 saturated heterocycles. The fourth-order valence-electron chi connectivity index (χ4n) is 3.83. The molecule has 0 heterocycles. The molecule has 2 amide bonds. The second kappa shape index (κ2) is 13.3. The van der Waals surface area contributed by atoms with Gasteiger partial charge < -0.3 is 10.6 Å². The molecule has 0 unspecified atom stereocenters. The molecule has 0 bridgehead atoms. The zero-order valence-electron chi connectivity index (χ0n) is 22.3. The van der Waals surface area contributed by atoms with Crippen LogP contribution in [0.2, 0.25) is 0 Å². The van der Waals surface area contributed by atoms with Gasteiger partial charge >= 0.3 is 6.18 Å². The number of nitro benzene ring substituents is 2. The normalized spacial score (nSPS) is 11.4. The molecule has 3 aromatic carbocycles. The molecule has 0 spiro atoms. The minimum Gasteiger partial charge on any atom is -0.344 e. The van der Waals surface area contributed by atoms with Crippen molar-refractivity contribution >= 4 is 50.3 Å². The Labute approximate surface area is 242 Å². The van der Waals surface area contributed by atoms with Crippen LogP contribution in [0.4, 0.5) is 41.6 Å². The lowest BCUT2D eigenvalue weighted by Crippen LogP contribution is -2.31. The van der Waals surface area contributed by atoms with Crippen molar-refractivity contribution < 1.29 is 41.0 Å². The van der Waals surface area contributed by atoms with Gasteiger partial charge in [-0.05, 0) is 42.8 Å². The van der Waals surface area contributed by atoms with Crippen LogP contribution < -0.4 is 15.4 Å². The fourth-order valence-corrected chi connectivity index (χ4v) is 5.01. The molecule has 0 saturated carbocycles. The summed E-state index contributed by atoms with van der Waals surface area (Å²) >= 11 is 0. The molecule has 3 aromatic rings. The SMILES string of the molecule is CCCCCC(=O)NS(=O)(=O)c1ccccc1NC(=O)c1ccc(Nc2ccc(C(F)(F)F)cc2[N+](=O)[O-])c([N+](=O)[O-])c1. The van der Waals surface area contributed by atoms with Crippen molar-refractivity contribution in [2.75, 3.05) is 10.6 Å². The van der Waals surface area contributed by atoms with Crippen molar-refractivity contribution in [3.05, 3.63) is 92.0 Å². The zero-order valence-corrected chi connectivity index (χ0v) is 23.1. The number of nitrogens with one attached hydrogen (secondary N) is 3. The summed E-state index contributed by atoms with van der Waals surface area (Å²) in [5, 5.41) is 27.8. The van der Waals surface area contributed by atoms with Crippen LogP contribution in [0.25, 0.3) is 0 Å². The highest BCUT2D eigenvalue weighted by Crippen LogP contribution is 2.38. The van der Waals surface area contributed by atoms with Crippen LogP contribution in [0.15, 0.2) is 65.6 Å². The summed E-state index contributed by atoms with van der Waals surface area (Å²) in [6.45, 7) is 1.91. The maximum Gasteiger partial charge on any atom is 0.416 e. The third-order valence-electron chi connectivity index (χ3n) is 5.93. The van der Waals surface area contributed by atoms with Crippen LogP contribution in [-0.2, 0) is 21.0 Å². The monoisotopic (exact) mass is 623 g/mol. The smallest absolute Gasteiger partial charge is 0.344 e. The maximum absolute atomic E-state index is 13.0. The second-order valence-electron chi connectivity index (χ2n) is 9.04. The Balaban J connectivity index is 1.89. The minimum atomic E-state index is -4.87. The summed E-state index contributed by atoms with van der Waals surface area (Å²) < 4.78 is 66.7. The number of rotatable bonds is 12. The number of para-hydroxylation sites is 1. The molecular formula is C26H24F3N5O8S. The van der Waals surface area contributed by atoms with E-state index in [-0.39, 0.29) is 29.4 Å². The van der Waals surface area contributed by atoms with E-state index < -0.39 is 65.4 Å².